The summed E-state index contributed by atoms with van der Waals surface area (Å²) in [6.45, 7) is -0.959. The van der Waals surface area contributed by atoms with Gasteiger partial charge in [-0.05, 0) is 65.4 Å². The van der Waals surface area contributed by atoms with Crippen LogP contribution in [0.15, 0.2) is 89.8 Å². The molecular formula is C27H21Cl2NO6S. The van der Waals surface area contributed by atoms with E-state index in [0.717, 1.165) is 10.8 Å². The number of carbonyl (C=O) groups is 2. The Hall–Kier alpha value is -3.59. The molecule has 0 saturated carbocycles. The quantitative estimate of drug-likeness (QED) is 0.191. The molecule has 0 N–H and O–H groups in total. The summed E-state index contributed by atoms with van der Waals surface area (Å²) in [5, 5.41) is 2.31. The second-order valence-electron chi connectivity index (χ2n) is 7.97. The van der Waals surface area contributed by atoms with E-state index in [1.54, 1.807) is 36.4 Å². The molecule has 0 fully saturated rings. The van der Waals surface area contributed by atoms with Gasteiger partial charge < -0.3 is 9.47 Å². The third kappa shape index (κ3) is 6.22. The predicted molar refractivity (Wildman–Crippen MR) is 143 cm³/mol. The molecule has 0 unspecified atom stereocenters. The number of rotatable bonds is 9. The number of fused-ring (bicyclic) bond motifs is 1. The number of Topliss-reactive ketones (excluding diaryl/α,β-unsaturated/α-hetero) is 1. The highest BCUT2D eigenvalue weighted by Crippen LogP contribution is 2.27. The average molecular weight is 558 g/mol. The van der Waals surface area contributed by atoms with Gasteiger partial charge in [0.25, 0.3) is 10.0 Å². The first-order chi connectivity index (χ1) is 17.6. The minimum atomic E-state index is -3.80. The maximum absolute atomic E-state index is 13.1. The molecule has 0 aromatic heterocycles. The Balaban J connectivity index is 1.34. The van der Waals surface area contributed by atoms with Gasteiger partial charge in [-0.1, -0.05) is 53.5 Å². The van der Waals surface area contributed by atoms with Crippen LogP contribution in [0.3, 0.4) is 0 Å². The second kappa shape index (κ2) is 11.2. The molecule has 0 amide bonds. The number of ketones is 1. The molecule has 37 heavy (non-hydrogen) atoms. The molecule has 0 radical (unpaired) electrons. The van der Waals surface area contributed by atoms with Crippen LogP contribution in [0.1, 0.15) is 10.4 Å². The van der Waals surface area contributed by atoms with E-state index in [1.807, 2.05) is 24.3 Å². The molecule has 0 aliphatic rings. The van der Waals surface area contributed by atoms with E-state index >= 15 is 0 Å². The molecule has 0 saturated heterocycles. The molecule has 4 rings (SSSR count). The first kappa shape index (κ1) is 26.5. The van der Waals surface area contributed by atoms with Gasteiger partial charge in [-0.15, -0.1) is 0 Å². The van der Waals surface area contributed by atoms with Crippen LogP contribution in [-0.2, 0) is 19.6 Å². The third-order valence-corrected chi connectivity index (χ3v) is 7.88. The van der Waals surface area contributed by atoms with Gasteiger partial charge in [-0.3, -0.25) is 9.10 Å². The minimum absolute atomic E-state index is 0.154. The summed E-state index contributed by atoms with van der Waals surface area (Å²) in [5.74, 6) is -0.936. The summed E-state index contributed by atoms with van der Waals surface area (Å²) in [4.78, 5) is 24.4. The van der Waals surface area contributed by atoms with Gasteiger partial charge in [0.15, 0.2) is 13.2 Å². The lowest BCUT2D eigenvalue weighted by Gasteiger charge is -2.20. The van der Waals surface area contributed by atoms with Crippen molar-refractivity contribution in [2.45, 2.75) is 4.90 Å². The monoisotopic (exact) mass is 557 g/mol. The normalized spacial score (nSPS) is 11.2. The smallest absolute Gasteiger partial charge is 0.344 e. The van der Waals surface area contributed by atoms with E-state index in [9.17, 15) is 18.0 Å². The number of hydrogen-bond acceptors (Lipinski definition) is 6. The molecule has 7 nitrogen and oxygen atoms in total. The van der Waals surface area contributed by atoms with Crippen molar-refractivity contribution in [1.29, 1.82) is 0 Å². The van der Waals surface area contributed by atoms with Gasteiger partial charge >= 0.3 is 5.97 Å². The van der Waals surface area contributed by atoms with Crippen LogP contribution in [0.5, 0.6) is 5.75 Å². The van der Waals surface area contributed by atoms with Gasteiger partial charge in [-0.2, -0.15) is 0 Å². The lowest BCUT2D eigenvalue weighted by atomic mass is 10.1. The molecule has 4 aromatic carbocycles. The highest BCUT2D eigenvalue weighted by Gasteiger charge is 2.22. The van der Waals surface area contributed by atoms with Crippen LogP contribution < -0.4 is 9.04 Å². The number of ether oxygens (including phenoxy) is 2. The van der Waals surface area contributed by atoms with Gasteiger partial charge in [0.05, 0.1) is 15.6 Å². The number of halogens is 2. The Kier molecular flexibility index (Phi) is 8.02. The maximum Gasteiger partial charge on any atom is 0.344 e. The van der Waals surface area contributed by atoms with E-state index in [-0.39, 0.29) is 15.5 Å². The molecule has 10 heteroatoms. The Bertz CT molecular complexity index is 1570. The second-order valence-corrected chi connectivity index (χ2v) is 10.8. The fraction of sp³-hybridized carbons (Fsp3) is 0.111. The fourth-order valence-corrected chi connectivity index (χ4v) is 5.12. The minimum Gasteiger partial charge on any atom is -0.482 e. The van der Waals surface area contributed by atoms with Crippen molar-refractivity contribution < 1.29 is 27.5 Å². The SMILES string of the molecule is CN(c1ccc(OCC(=O)OCC(=O)c2cc(Cl)ccc2Cl)cc1)S(=O)(=O)c1ccc2ccccc2c1. The zero-order chi connectivity index (χ0) is 26.6. The predicted octanol–water partition coefficient (Wildman–Crippen LogP) is 5.78. The molecule has 0 bridgehead atoms. The van der Waals surface area contributed by atoms with Crippen molar-refractivity contribution in [1.82, 2.24) is 0 Å². The topological polar surface area (TPSA) is 90.0 Å². The van der Waals surface area contributed by atoms with Crippen molar-refractivity contribution in [2.24, 2.45) is 0 Å². The molecule has 190 valence electrons. The van der Waals surface area contributed by atoms with Crippen LogP contribution in [-0.4, -0.2) is 40.4 Å². The average Bonchev–Trinajstić information content (AvgIpc) is 2.91. The van der Waals surface area contributed by atoms with Gasteiger partial charge in [0.1, 0.15) is 5.75 Å². The first-order valence-electron chi connectivity index (χ1n) is 11.0. The first-order valence-corrected chi connectivity index (χ1v) is 13.2. The molecule has 4 aromatic rings. The van der Waals surface area contributed by atoms with Crippen LogP contribution in [0, 0.1) is 0 Å². The Labute approximate surface area is 224 Å². The van der Waals surface area contributed by atoms with Crippen LogP contribution in [0.25, 0.3) is 10.8 Å². The van der Waals surface area contributed by atoms with Crippen molar-refractivity contribution in [2.75, 3.05) is 24.6 Å². The van der Waals surface area contributed by atoms with Crippen molar-refractivity contribution in [3.05, 3.63) is 101 Å². The summed E-state index contributed by atoms with van der Waals surface area (Å²) in [5.41, 5.74) is 0.563. The van der Waals surface area contributed by atoms with Crippen molar-refractivity contribution >= 4 is 61.4 Å². The summed E-state index contributed by atoms with van der Waals surface area (Å²) >= 11 is 11.9. The van der Waals surface area contributed by atoms with Gasteiger partial charge in [0, 0.05) is 17.6 Å². The molecular weight excluding hydrogens is 537 g/mol. The number of nitrogens with zero attached hydrogens (tertiary/aromatic N) is 1. The Morgan fingerprint density at radius 3 is 2.27 bits per heavy atom. The van der Waals surface area contributed by atoms with E-state index < -0.39 is 35.0 Å². The molecule has 0 spiro atoms. The summed E-state index contributed by atoms with van der Waals surface area (Å²) in [6, 6.07) is 23.1. The maximum atomic E-state index is 13.1. The third-order valence-electron chi connectivity index (χ3n) is 5.53. The van der Waals surface area contributed by atoms with Crippen LogP contribution >= 0.6 is 23.2 Å². The summed E-state index contributed by atoms with van der Waals surface area (Å²) in [7, 11) is -2.34. The van der Waals surface area contributed by atoms with Gasteiger partial charge in [0.2, 0.25) is 5.78 Å². The van der Waals surface area contributed by atoms with E-state index in [4.69, 9.17) is 32.7 Å². The molecule has 0 aliphatic heterocycles. The molecule has 0 heterocycles. The molecule has 0 aliphatic carbocycles. The highest BCUT2D eigenvalue weighted by atomic mass is 35.5. The standard InChI is InChI=1S/C27H21Cl2NO6S/c1-30(37(33,34)23-12-6-18-4-2-3-5-19(18)14-23)21-8-10-22(11-9-21)35-17-27(32)36-16-26(31)24-15-20(28)7-13-25(24)29/h2-15H,16-17H2,1H3. The number of hydrogen-bond donors (Lipinski definition) is 0. The van der Waals surface area contributed by atoms with Crippen LogP contribution in [0.4, 0.5) is 5.69 Å². The van der Waals surface area contributed by atoms with Crippen molar-refractivity contribution in [3.8, 4) is 5.75 Å². The Morgan fingerprint density at radius 2 is 1.54 bits per heavy atom. The lowest BCUT2D eigenvalue weighted by molar-refractivity contribution is -0.144. The Morgan fingerprint density at radius 1 is 0.838 bits per heavy atom. The van der Waals surface area contributed by atoms with E-state index in [2.05, 4.69) is 0 Å². The number of benzene rings is 4. The number of carbonyl (C=O) groups excluding carboxylic acids is 2. The molecule has 0 atom stereocenters. The summed E-state index contributed by atoms with van der Waals surface area (Å²) in [6.07, 6.45) is 0. The lowest BCUT2D eigenvalue weighted by Crippen LogP contribution is -2.26. The summed E-state index contributed by atoms with van der Waals surface area (Å²) < 4.78 is 37.8. The van der Waals surface area contributed by atoms with Crippen LogP contribution in [0.2, 0.25) is 10.0 Å². The highest BCUT2D eigenvalue weighted by molar-refractivity contribution is 7.92. The number of anilines is 1. The zero-order valence-electron chi connectivity index (χ0n) is 19.6. The van der Waals surface area contributed by atoms with E-state index in [0.29, 0.717) is 16.5 Å². The fourth-order valence-electron chi connectivity index (χ4n) is 3.50. The van der Waals surface area contributed by atoms with Gasteiger partial charge in [-0.25, -0.2) is 13.2 Å². The number of sulfonamides is 1. The van der Waals surface area contributed by atoms with E-state index in [1.165, 1.54) is 35.6 Å². The van der Waals surface area contributed by atoms with Crippen molar-refractivity contribution in [3.63, 3.8) is 0 Å². The largest absolute Gasteiger partial charge is 0.482 e. The number of esters is 1. The zero-order valence-corrected chi connectivity index (χ0v) is 21.9.